The van der Waals surface area contributed by atoms with Gasteiger partial charge in [0.2, 0.25) is 5.89 Å². The minimum absolute atomic E-state index is 0.114. The smallest absolute Gasteiger partial charge is 0.337 e. The van der Waals surface area contributed by atoms with E-state index < -0.39 is 16.2 Å². The molecule has 2 rings (SSSR count). The van der Waals surface area contributed by atoms with Gasteiger partial charge in [0.1, 0.15) is 12.7 Å². The molecule has 0 unspecified atom stereocenters. The number of hydrogen-bond acceptors (Lipinski definition) is 8. The van der Waals surface area contributed by atoms with Crippen molar-refractivity contribution in [2.75, 3.05) is 0 Å². The zero-order valence-corrected chi connectivity index (χ0v) is 10.8. The summed E-state index contributed by atoms with van der Waals surface area (Å²) in [5.74, 6) is 0.391. The average Bonchev–Trinajstić information content (AvgIpc) is 2.80. The highest BCUT2D eigenvalue weighted by Gasteiger charge is 2.22. The van der Waals surface area contributed by atoms with E-state index in [0.717, 1.165) is 17.0 Å². The molecule has 0 aliphatic carbocycles. The lowest BCUT2D eigenvalue weighted by Gasteiger charge is -2.11. The molecule has 2 heterocycles. The highest BCUT2D eigenvalue weighted by atomic mass is 16.6. The van der Waals surface area contributed by atoms with Gasteiger partial charge in [-0.3, -0.25) is 14.7 Å². The second-order valence-corrected chi connectivity index (χ2v) is 4.71. The van der Waals surface area contributed by atoms with Gasteiger partial charge in [-0.1, -0.05) is 5.16 Å². The molecule has 0 fully saturated rings. The van der Waals surface area contributed by atoms with Gasteiger partial charge in [0, 0.05) is 0 Å². The summed E-state index contributed by atoms with van der Waals surface area (Å²) in [7, 11) is 0. The molecule has 0 saturated heterocycles. The van der Waals surface area contributed by atoms with Gasteiger partial charge in [-0.25, -0.2) is 4.79 Å². The molecular formula is C10H12N6O4. The Bertz CT molecular complexity index is 698. The lowest BCUT2D eigenvalue weighted by atomic mass is 10.1. The maximum absolute atomic E-state index is 11.5. The molecule has 10 heteroatoms. The molecule has 0 aliphatic rings. The number of rotatable bonds is 4. The van der Waals surface area contributed by atoms with Crippen molar-refractivity contribution in [3.8, 4) is 0 Å². The summed E-state index contributed by atoms with van der Waals surface area (Å²) in [6.45, 7) is 3.28. The van der Waals surface area contributed by atoms with Crippen LogP contribution in [0.15, 0.2) is 21.7 Å². The van der Waals surface area contributed by atoms with E-state index in [0.29, 0.717) is 0 Å². The largest absolute Gasteiger partial charge is 0.348 e. The van der Waals surface area contributed by atoms with E-state index in [1.807, 2.05) is 0 Å². The summed E-state index contributed by atoms with van der Waals surface area (Å²) in [5, 5.41) is 14.3. The van der Waals surface area contributed by atoms with Gasteiger partial charge in [-0.15, -0.1) is 0 Å². The van der Waals surface area contributed by atoms with Crippen LogP contribution in [0.2, 0.25) is 0 Å². The summed E-state index contributed by atoms with van der Waals surface area (Å²) in [5.41, 5.74) is 4.07. The first-order valence-corrected chi connectivity index (χ1v) is 5.60. The molecule has 106 valence electrons. The Morgan fingerprint density at radius 2 is 2.25 bits per heavy atom. The molecule has 0 saturated carbocycles. The van der Waals surface area contributed by atoms with Crippen molar-refractivity contribution in [1.82, 2.24) is 19.7 Å². The molecule has 20 heavy (non-hydrogen) atoms. The van der Waals surface area contributed by atoms with Crippen LogP contribution in [0, 0.1) is 10.1 Å². The van der Waals surface area contributed by atoms with Crippen LogP contribution in [0.25, 0.3) is 0 Å². The lowest BCUT2D eigenvalue weighted by molar-refractivity contribution is -0.385. The van der Waals surface area contributed by atoms with Crippen LogP contribution in [0.3, 0.4) is 0 Å². The molecule has 0 spiro atoms. The van der Waals surface area contributed by atoms with Crippen molar-refractivity contribution < 1.29 is 9.45 Å². The highest BCUT2D eigenvalue weighted by Crippen LogP contribution is 2.13. The fourth-order valence-corrected chi connectivity index (χ4v) is 1.38. The van der Waals surface area contributed by atoms with E-state index in [9.17, 15) is 14.9 Å². The summed E-state index contributed by atoms with van der Waals surface area (Å²) in [6.07, 6.45) is 1.95. The third-order valence-corrected chi connectivity index (χ3v) is 2.40. The Labute approximate surface area is 112 Å². The zero-order valence-electron chi connectivity index (χ0n) is 10.8. The number of nitro groups is 1. The third-order valence-electron chi connectivity index (χ3n) is 2.40. The van der Waals surface area contributed by atoms with Crippen LogP contribution < -0.4 is 11.4 Å². The van der Waals surface area contributed by atoms with Gasteiger partial charge < -0.3 is 10.3 Å². The molecule has 10 nitrogen and oxygen atoms in total. The fraction of sp³-hybridized carbons (Fsp3) is 0.400. The fourth-order valence-electron chi connectivity index (χ4n) is 1.38. The van der Waals surface area contributed by atoms with Gasteiger partial charge in [0.15, 0.2) is 5.82 Å². The summed E-state index contributed by atoms with van der Waals surface area (Å²) in [6, 6.07) is 0. The maximum Gasteiger partial charge on any atom is 0.348 e. The number of nitrogens with two attached hydrogens (primary N) is 1. The quantitative estimate of drug-likeness (QED) is 0.597. The topological polar surface area (TPSA) is 143 Å². The number of aromatic nitrogens is 4. The van der Waals surface area contributed by atoms with Crippen molar-refractivity contribution in [3.63, 3.8) is 0 Å². The van der Waals surface area contributed by atoms with Gasteiger partial charge in [0.25, 0.3) is 0 Å². The maximum atomic E-state index is 11.5. The standard InChI is InChI=1S/C10H12N6O4/c1-10(2,11)8-13-7(20-14-8)5-15-4-6(16(18)19)3-12-9(15)17/h3-4H,5,11H2,1-2H3. The van der Waals surface area contributed by atoms with Crippen LogP contribution >= 0.6 is 0 Å². The Balaban J connectivity index is 2.30. The zero-order chi connectivity index (χ0) is 14.9. The van der Waals surface area contributed by atoms with Gasteiger partial charge >= 0.3 is 11.4 Å². The van der Waals surface area contributed by atoms with Crippen LogP contribution in [0.1, 0.15) is 25.6 Å². The van der Waals surface area contributed by atoms with E-state index in [1.165, 1.54) is 0 Å². The van der Waals surface area contributed by atoms with Crippen LogP contribution in [-0.4, -0.2) is 24.6 Å². The third kappa shape index (κ3) is 2.85. The molecule has 0 aromatic carbocycles. The Morgan fingerprint density at radius 1 is 1.55 bits per heavy atom. The van der Waals surface area contributed by atoms with Crippen LogP contribution in [0.5, 0.6) is 0 Å². The minimum atomic E-state index is -0.784. The lowest BCUT2D eigenvalue weighted by Crippen LogP contribution is -2.30. The van der Waals surface area contributed by atoms with Crippen LogP contribution in [0.4, 0.5) is 5.69 Å². The first-order chi connectivity index (χ1) is 9.27. The van der Waals surface area contributed by atoms with Gasteiger partial charge in [-0.2, -0.15) is 9.97 Å². The van der Waals surface area contributed by atoms with Crippen LogP contribution in [-0.2, 0) is 12.1 Å². The molecule has 2 N–H and O–H groups in total. The predicted octanol–water partition coefficient (Wildman–Crippen LogP) is -0.223. The van der Waals surface area contributed by atoms with E-state index in [2.05, 4.69) is 15.1 Å². The van der Waals surface area contributed by atoms with E-state index in [-0.39, 0.29) is 23.9 Å². The van der Waals surface area contributed by atoms with E-state index in [4.69, 9.17) is 10.3 Å². The summed E-state index contributed by atoms with van der Waals surface area (Å²) < 4.78 is 5.96. The Kier molecular flexibility index (Phi) is 3.32. The van der Waals surface area contributed by atoms with E-state index >= 15 is 0 Å². The second kappa shape index (κ2) is 4.81. The second-order valence-electron chi connectivity index (χ2n) is 4.71. The monoisotopic (exact) mass is 280 g/mol. The number of nitrogens with zero attached hydrogens (tertiary/aromatic N) is 5. The normalized spacial score (nSPS) is 11.6. The van der Waals surface area contributed by atoms with Crippen molar-refractivity contribution in [3.05, 3.63) is 44.7 Å². The average molecular weight is 280 g/mol. The molecule has 2 aromatic rings. The summed E-state index contributed by atoms with van der Waals surface area (Å²) in [4.78, 5) is 28.9. The van der Waals surface area contributed by atoms with E-state index in [1.54, 1.807) is 13.8 Å². The molecule has 0 amide bonds. The predicted molar refractivity (Wildman–Crippen MR) is 65.8 cm³/mol. The van der Waals surface area contributed by atoms with Crippen molar-refractivity contribution >= 4 is 5.69 Å². The van der Waals surface area contributed by atoms with Crippen molar-refractivity contribution in [2.45, 2.75) is 25.9 Å². The molecular weight excluding hydrogens is 268 g/mol. The molecule has 2 aromatic heterocycles. The first-order valence-electron chi connectivity index (χ1n) is 5.60. The first kappa shape index (κ1) is 13.8. The Morgan fingerprint density at radius 3 is 2.80 bits per heavy atom. The summed E-state index contributed by atoms with van der Waals surface area (Å²) >= 11 is 0. The van der Waals surface area contributed by atoms with Crippen molar-refractivity contribution in [1.29, 1.82) is 0 Å². The molecule has 0 bridgehead atoms. The molecule has 0 radical (unpaired) electrons. The highest BCUT2D eigenvalue weighted by molar-refractivity contribution is 5.20. The van der Waals surface area contributed by atoms with Crippen molar-refractivity contribution in [2.24, 2.45) is 5.73 Å². The number of hydrogen-bond donors (Lipinski definition) is 1. The van der Waals surface area contributed by atoms with Gasteiger partial charge in [0.05, 0.1) is 16.7 Å². The minimum Gasteiger partial charge on any atom is -0.337 e. The van der Waals surface area contributed by atoms with Gasteiger partial charge in [-0.05, 0) is 13.8 Å². The molecule has 0 aliphatic heterocycles. The Hall–Kier alpha value is -2.62. The SMILES string of the molecule is CC(C)(N)c1noc(Cn2cc([N+](=O)[O-])cnc2=O)n1. The molecule has 0 atom stereocenters.